The summed E-state index contributed by atoms with van der Waals surface area (Å²) >= 11 is 0. The molecule has 8 nitrogen and oxygen atoms in total. The predicted octanol–water partition coefficient (Wildman–Crippen LogP) is -1.92. The van der Waals surface area contributed by atoms with Crippen LogP contribution in [0.25, 0.3) is 0 Å². The summed E-state index contributed by atoms with van der Waals surface area (Å²) in [5.74, 6) is -5.04. The van der Waals surface area contributed by atoms with Gasteiger partial charge in [0.1, 0.15) is 11.6 Å². The van der Waals surface area contributed by atoms with Gasteiger partial charge in [0.2, 0.25) is 0 Å². The van der Waals surface area contributed by atoms with Gasteiger partial charge in [0, 0.05) is 0 Å². The van der Waals surface area contributed by atoms with Gasteiger partial charge in [-0.3, -0.25) is 19.2 Å². The maximum Gasteiger partial charge on any atom is 2.00 e. The molecule has 0 fully saturated rings. The Kier molecular flexibility index (Phi) is 23.8. The molecule has 0 amide bonds. The van der Waals surface area contributed by atoms with Crippen LogP contribution in [-0.4, -0.2) is 36.1 Å². The Balaban J connectivity index is -0.000000124. The Hall–Kier alpha value is -1.50. The van der Waals surface area contributed by atoms with E-state index in [-0.39, 0.29) is 50.3 Å². The number of Topliss-reactive ketones (excluding diaryl/α,β-unsaturated/α-hetero) is 2. The molecule has 2 unspecified atom stereocenters. The molecule has 0 aromatic carbocycles. The van der Waals surface area contributed by atoms with Crippen molar-refractivity contribution in [1.29, 1.82) is 0 Å². The Morgan fingerprint density at radius 1 is 0.783 bits per heavy atom. The molecule has 128 valence electrons. The van der Waals surface area contributed by atoms with Crippen LogP contribution in [0.5, 0.6) is 0 Å². The fourth-order valence-electron chi connectivity index (χ4n) is 1.24. The Labute approximate surface area is 153 Å². The van der Waals surface area contributed by atoms with E-state index in [1.54, 1.807) is 13.8 Å². The largest absolute Gasteiger partial charge is 2.00 e. The van der Waals surface area contributed by atoms with E-state index in [2.05, 4.69) is 0 Å². The first-order valence-electron chi connectivity index (χ1n) is 6.41. The molecule has 0 spiro atoms. The third kappa shape index (κ3) is 18.5. The standard InChI is InChI=1S/2C6H10O3.C2H2O2.Zr/c2*1-3-5(4(2)7)6(8)9;3-1-2-4;/h2*5H,3H2,1-2H3,(H,8,9);1-2H;/q;;;+2/p-2. The molecule has 9 heteroatoms. The van der Waals surface area contributed by atoms with Gasteiger partial charge in [-0.15, -0.1) is 0 Å². The Morgan fingerprint density at radius 2 is 1.00 bits per heavy atom. The summed E-state index contributed by atoms with van der Waals surface area (Å²) in [6.45, 7) is 5.79. The number of carbonyl (C=O) groups is 6. The number of carboxylic acid groups (broad SMARTS) is 2. The monoisotopic (exact) mass is 406 g/mol. The number of carbonyl (C=O) groups excluding carboxylic acids is 6. The van der Waals surface area contributed by atoms with Crippen LogP contribution >= 0.6 is 0 Å². The van der Waals surface area contributed by atoms with Gasteiger partial charge in [0.05, 0.1) is 23.8 Å². The first kappa shape index (κ1) is 29.5. The third-order valence-corrected chi connectivity index (χ3v) is 2.42. The van der Waals surface area contributed by atoms with E-state index in [1.807, 2.05) is 0 Å². The molecule has 0 saturated carbocycles. The van der Waals surface area contributed by atoms with Gasteiger partial charge >= 0.3 is 26.2 Å². The van der Waals surface area contributed by atoms with Gasteiger partial charge in [0.15, 0.2) is 12.6 Å². The maximum absolute atomic E-state index is 10.4. The van der Waals surface area contributed by atoms with Gasteiger partial charge in [-0.2, -0.15) is 0 Å². The van der Waals surface area contributed by atoms with Crippen LogP contribution in [-0.2, 0) is 55.0 Å². The second kappa shape index (κ2) is 18.6. The maximum atomic E-state index is 10.4. The van der Waals surface area contributed by atoms with E-state index in [1.165, 1.54) is 13.8 Å². The molecule has 0 aromatic rings. The van der Waals surface area contributed by atoms with Crippen LogP contribution in [0.4, 0.5) is 0 Å². The molecule has 0 bridgehead atoms. The molecule has 0 aromatic heterocycles. The number of aliphatic carboxylic acids is 2. The first-order chi connectivity index (χ1) is 10.1. The molecule has 0 aliphatic heterocycles. The molecule has 0 N–H and O–H groups in total. The van der Waals surface area contributed by atoms with Crippen molar-refractivity contribution in [2.24, 2.45) is 11.8 Å². The number of rotatable bonds is 7. The van der Waals surface area contributed by atoms with Gasteiger partial charge in [-0.05, 0) is 26.7 Å². The van der Waals surface area contributed by atoms with E-state index in [0.29, 0.717) is 12.8 Å². The molecular formula is C14H20O8Zr. The zero-order valence-corrected chi connectivity index (χ0v) is 15.9. The van der Waals surface area contributed by atoms with E-state index < -0.39 is 23.8 Å². The molecular weight excluding hydrogens is 387 g/mol. The van der Waals surface area contributed by atoms with Gasteiger partial charge < -0.3 is 19.8 Å². The quantitative estimate of drug-likeness (QED) is 0.269. The Bertz CT molecular complexity index is 340. The van der Waals surface area contributed by atoms with Crippen LogP contribution in [0.15, 0.2) is 0 Å². The second-order valence-corrected chi connectivity index (χ2v) is 4.05. The molecule has 0 radical (unpaired) electrons. The summed E-state index contributed by atoms with van der Waals surface area (Å²) in [6, 6.07) is 0. The minimum atomic E-state index is -1.27. The van der Waals surface area contributed by atoms with Crippen LogP contribution in [0.3, 0.4) is 0 Å². The normalized spacial score (nSPS) is 10.8. The van der Waals surface area contributed by atoms with Crippen molar-refractivity contribution in [3.63, 3.8) is 0 Å². The fraction of sp³-hybridized carbons (Fsp3) is 0.571. The molecule has 0 aliphatic rings. The predicted molar refractivity (Wildman–Crippen MR) is 71.1 cm³/mol. The minimum absolute atomic E-state index is 0. The summed E-state index contributed by atoms with van der Waals surface area (Å²) < 4.78 is 0. The fourth-order valence-corrected chi connectivity index (χ4v) is 1.24. The van der Waals surface area contributed by atoms with E-state index in [0.717, 1.165) is 0 Å². The zero-order chi connectivity index (χ0) is 18.3. The number of ketones is 2. The van der Waals surface area contributed by atoms with Crippen LogP contribution < -0.4 is 10.2 Å². The molecule has 0 aliphatic carbocycles. The summed E-state index contributed by atoms with van der Waals surface area (Å²) in [7, 11) is 0. The van der Waals surface area contributed by atoms with Crippen molar-refractivity contribution < 1.29 is 65.2 Å². The second-order valence-electron chi connectivity index (χ2n) is 4.05. The molecule has 23 heavy (non-hydrogen) atoms. The number of aldehydes is 2. The van der Waals surface area contributed by atoms with Crippen molar-refractivity contribution >= 4 is 36.1 Å². The number of carboxylic acids is 2. The van der Waals surface area contributed by atoms with E-state index in [4.69, 9.17) is 9.59 Å². The minimum Gasteiger partial charge on any atom is -0.549 e. The Morgan fingerprint density at radius 3 is 1.00 bits per heavy atom. The summed E-state index contributed by atoms with van der Waals surface area (Å²) in [6.07, 6.45) is 1.02. The summed E-state index contributed by atoms with van der Waals surface area (Å²) in [4.78, 5) is 58.5. The van der Waals surface area contributed by atoms with Crippen molar-refractivity contribution in [2.75, 3.05) is 0 Å². The van der Waals surface area contributed by atoms with Crippen LogP contribution in [0, 0.1) is 11.8 Å². The number of hydrogen-bond donors (Lipinski definition) is 0. The van der Waals surface area contributed by atoms with E-state index in [9.17, 15) is 29.4 Å². The first-order valence-corrected chi connectivity index (χ1v) is 6.41. The molecule has 0 rings (SSSR count). The zero-order valence-electron chi connectivity index (χ0n) is 13.5. The summed E-state index contributed by atoms with van der Waals surface area (Å²) in [5, 5.41) is 20.1. The number of hydrogen-bond acceptors (Lipinski definition) is 8. The van der Waals surface area contributed by atoms with Crippen molar-refractivity contribution in [3.8, 4) is 0 Å². The molecule has 2 atom stereocenters. The van der Waals surface area contributed by atoms with Gasteiger partial charge in [0.25, 0.3) is 0 Å². The van der Waals surface area contributed by atoms with Crippen molar-refractivity contribution in [1.82, 2.24) is 0 Å². The van der Waals surface area contributed by atoms with Crippen molar-refractivity contribution in [2.45, 2.75) is 40.5 Å². The van der Waals surface area contributed by atoms with E-state index >= 15 is 0 Å². The van der Waals surface area contributed by atoms with Crippen molar-refractivity contribution in [3.05, 3.63) is 0 Å². The average Bonchev–Trinajstić information content (AvgIpc) is 2.39. The molecule has 0 heterocycles. The van der Waals surface area contributed by atoms with Gasteiger partial charge in [-0.1, -0.05) is 13.8 Å². The van der Waals surface area contributed by atoms with Crippen LogP contribution in [0.2, 0.25) is 0 Å². The summed E-state index contributed by atoms with van der Waals surface area (Å²) in [5.41, 5.74) is 0. The molecule has 0 saturated heterocycles. The smallest absolute Gasteiger partial charge is 0.549 e. The topological polar surface area (TPSA) is 149 Å². The van der Waals surface area contributed by atoms with Crippen LogP contribution in [0.1, 0.15) is 40.5 Å². The SMILES string of the molecule is CCC(C(C)=O)C(=O)[O-].CCC(C(C)=O)C(=O)[O-].O=CC=O.[Zr+2]. The average molecular weight is 408 g/mol. The van der Waals surface area contributed by atoms with Gasteiger partial charge in [-0.25, -0.2) is 0 Å². The third-order valence-electron chi connectivity index (χ3n) is 2.42.